The highest BCUT2D eigenvalue weighted by Crippen LogP contribution is 2.27. The number of hydrogen-bond acceptors (Lipinski definition) is 2. The number of halogens is 1. The largest absolute Gasteiger partial charge is 0.328 e. The van der Waals surface area contributed by atoms with E-state index in [0.717, 1.165) is 10.9 Å². The number of nitrogens with zero attached hydrogens (tertiary/aromatic N) is 2. The first-order chi connectivity index (χ1) is 6.25. The van der Waals surface area contributed by atoms with E-state index in [1.54, 1.807) is 0 Å². The van der Waals surface area contributed by atoms with Crippen molar-refractivity contribution >= 4 is 15.9 Å². The van der Waals surface area contributed by atoms with Crippen LogP contribution in [0.15, 0.2) is 16.9 Å². The third kappa shape index (κ3) is 2.11. The van der Waals surface area contributed by atoms with Crippen LogP contribution in [0.25, 0.3) is 0 Å². The monoisotopic (exact) mass is 243 g/mol. The molecule has 2 atom stereocenters. The minimum absolute atomic E-state index is 0.363. The van der Waals surface area contributed by atoms with Crippen molar-refractivity contribution in [3.8, 4) is 0 Å². The second-order valence-electron chi connectivity index (χ2n) is 3.72. The average molecular weight is 244 g/mol. The number of aromatic nitrogens is 2. The summed E-state index contributed by atoms with van der Waals surface area (Å²) < 4.78 is 3.08. The summed E-state index contributed by atoms with van der Waals surface area (Å²) in [5.41, 5.74) is 5.92. The Labute approximate surface area is 86.4 Å². The van der Waals surface area contributed by atoms with E-state index in [2.05, 4.69) is 21.0 Å². The molecule has 2 unspecified atom stereocenters. The van der Waals surface area contributed by atoms with Gasteiger partial charge in [-0.15, -0.1) is 0 Å². The van der Waals surface area contributed by atoms with Gasteiger partial charge < -0.3 is 5.73 Å². The van der Waals surface area contributed by atoms with Crippen LogP contribution < -0.4 is 5.73 Å². The van der Waals surface area contributed by atoms with Gasteiger partial charge in [-0.05, 0) is 41.6 Å². The fourth-order valence-corrected chi connectivity index (χ4v) is 2.26. The van der Waals surface area contributed by atoms with E-state index in [0.29, 0.717) is 12.1 Å². The Hall–Kier alpha value is -0.350. The van der Waals surface area contributed by atoms with Crippen LogP contribution in [0.1, 0.15) is 31.7 Å². The number of rotatable bonds is 1. The number of nitrogens with two attached hydrogens (primary N) is 1. The third-order valence-electron chi connectivity index (χ3n) is 2.63. The average Bonchev–Trinajstić information content (AvgIpc) is 2.52. The molecule has 13 heavy (non-hydrogen) atoms. The van der Waals surface area contributed by atoms with Crippen molar-refractivity contribution < 1.29 is 0 Å². The standard InChI is InChI=1S/C9H14BrN3/c10-7-5-12-13(6-7)9-3-1-2-8(11)4-9/h5-6,8-9H,1-4,11H2. The molecule has 1 saturated carbocycles. The molecule has 1 aromatic rings. The topological polar surface area (TPSA) is 43.8 Å². The molecular weight excluding hydrogens is 230 g/mol. The molecule has 0 aliphatic heterocycles. The molecule has 2 N–H and O–H groups in total. The minimum atomic E-state index is 0.363. The summed E-state index contributed by atoms with van der Waals surface area (Å²) in [5.74, 6) is 0. The highest BCUT2D eigenvalue weighted by atomic mass is 79.9. The Morgan fingerprint density at radius 1 is 1.54 bits per heavy atom. The summed E-state index contributed by atoms with van der Waals surface area (Å²) in [6.45, 7) is 0. The Balaban J connectivity index is 2.08. The molecule has 0 bridgehead atoms. The third-order valence-corrected chi connectivity index (χ3v) is 3.04. The van der Waals surface area contributed by atoms with E-state index < -0.39 is 0 Å². The molecule has 1 aliphatic rings. The molecule has 1 heterocycles. The van der Waals surface area contributed by atoms with Crippen LogP contribution in [-0.4, -0.2) is 15.8 Å². The first-order valence-corrected chi connectivity index (χ1v) is 5.50. The second-order valence-corrected chi connectivity index (χ2v) is 4.63. The fraction of sp³-hybridized carbons (Fsp3) is 0.667. The zero-order chi connectivity index (χ0) is 9.26. The first kappa shape index (κ1) is 9.21. The van der Waals surface area contributed by atoms with Gasteiger partial charge in [-0.3, -0.25) is 4.68 Å². The molecule has 1 aromatic heterocycles. The van der Waals surface area contributed by atoms with E-state index in [-0.39, 0.29) is 0 Å². The maximum atomic E-state index is 5.92. The maximum absolute atomic E-state index is 5.92. The van der Waals surface area contributed by atoms with Gasteiger partial charge in [-0.25, -0.2) is 0 Å². The lowest BCUT2D eigenvalue weighted by molar-refractivity contribution is 0.300. The molecule has 72 valence electrons. The van der Waals surface area contributed by atoms with Gasteiger partial charge >= 0.3 is 0 Å². The van der Waals surface area contributed by atoms with E-state index in [9.17, 15) is 0 Å². The van der Waals surface area contributed by atoms with Crippen LogP contribution in [0.2, 0.25) is 0 Å². The lowest BCUT2D eigenvalue weighted by Gasteiger charge is -2.26. The lowest BCUT2D eigenvalue weighted by Crippen LogP contribution is -2.29. The maximum Gasteiger partial charge on any atom is 0.0632 e. The van der Waals surface area contributed by atoms with Crippen molar-refractivity contribution in [3.63, 3.8) is 0 Å². The molecule has 0 saturated heterocycles. The zero-order valence-electron chi connectivity index (χ0n) is 7.49. The highest BCUT2D eigenvalue weighted by Gasteiger charge is 2.20. The predicted octanol–water partition coefficient (Wildman–Crippen LogP) is 2.09. The van der Waals surface area contributed by atoms with Crippen LogP contribution in [0.4, 0.5) is 0 Å². The smallest absolute Gasteiger partial charge is 0.0632 e. The fourth-order valence-electron chi connectivity index (χ4n) is 1.96. The zero-order valence-corrected chi connectivity index (χ0v) is 9.07. The quantitative estimate of drug-likeness (QED) is 0.821. The van der Waals surface area contributed by atoms with Gasteiger partial charge in [-0.2, -0.15) is 5.10 Å². The van der Waals surface area contributed by atoms with Crippen LogP contribution >= 0.6 is 15.9 Å². The SMILES string of the molecule is NC1CCCC(n2cc(Br)cn2)C1. The van der Waals surface area contributed by atoms with Gasteiger partial charge in [0.2, 0.25) is 0 Å². The van der Waals surface area contributed by atoms with Gasteiger partial charge in [0.05, 0.1) is 16.7 Å². The summed E-state index contributed by atoms with van der Waals surface area (Å²) >= 11 is 3.40. The molecule has 0 radical (unpaired) electrons. The molecular formula is C9H14BrN3. The van der Waals surface area contributed by atoms with Crippen LogP contribution in [0, 0.1) is 0 Å². The van der Waals surface area contributed by atoms with Gasteiger partial charge in [0, 0.05) is 12.2 Å². The van der Waals surface area contributed by atoms with Crippen molar-refractivity contribution in [3.05, 3.63) is 16.9 Å². The summed E-state index contributed by atoms with van der Waals surface area (Å²) in [5, 5.41) is 4.29. The van der Waals surface area contributed by atoms with E-state index in [4.69, 9.17) is 5.73 Å². The second kappa shape index (κ2) is 3.80. The molecule has 1 aliphatic carbocycles. The molecule has 0 spiro atoms. The van der Waals surface area contributed by atoms with Gasteiger partial charge in [0.1, 0.15) is 0 Å². The van der Waals surface area contributed by atoms with Crippen LogP contribution in [-0.2, 0) is 0 Å². The van der Waals surface area contributed by atoms with Crippen molar-refractivity contribution in [2.24, 2.45) is 5.73 Å². The van der Waals surface area contributed by atoms with Crippen LogP contribution in [0.5, 0.6) is 0 Å². The highest BCUT2D eigenvalue weighted by molar-refractivity contribution is 9.10. The van der Waals surface area contributed by atoms with E-state index in [1.807, 2.05) is 17.1 Å². The molecule has 2 rings (SSSR count). The molecule has 0 aromatic carbocycles. The Kier molecular flexibility index (Phi) is 2.69. The van der Waals surface area contributed by atoms with Gasteiger partial charge in [0.25, 0.3) is 0 Å². The Morgan fingerprint density at radius 3 is 3.00 bits per heavy atom. The summed E-state index contributed by atoms with van der Waals surface area (Å²) in [6.07, 6.45) is 8.53. The minimum Gasteiger partial charge on any atom is -0.328 e. The first-order valence-electron chi connectivity index (χ1n) is 4.71. The molecule has 4 heteroatoms. The van der Waals surface area contributed by atoms with Gasteiger partial charge in [0.15, 0.2) is 0 Å². The van der Waals surface area contributed by atoms with Crippen molar-refractivity contribution in [1.82, 2.24) is 9.78 Å². The van der Waals surface area contributed by atoms with Crippen molar-refractivity contribution in [1.29, 1.82) is 0 Å². The Morgan fingerprint density at radius 2 is 2.38 bits per heavy atom. The van der Waals surface area contributed by atoms with E-state index in [1.165, 1.54) is 19.3 Å². The number of hydrogen-bond donors (Lipinski definition) is 1. The van der Waals surface area contributed by atoms with Crippen molar-refractivity contribution in [2.75, 3.05) is 0 Å². The van der Waals surface area contributed by atoms with Gasteiger partial charge in [-0.1, -0.05) is 0 Å². The lowest BCUT2D eigenvalue weighted by atomic mass is 9.92. The summed E-state index contributed by atoms with van der Waals surface area (Å²) in [6, 6.07) is 0.872. The summed E-state index contributed by atoms with van der Waals surface area (Å²) in [7, 11) is 0. The molecule has 1 fully saturated rings. The van der Waals surface area contributed by atoms with Crippen LogP contribution in [0.3, 0.4) is 0 Å². The van der Waals surface area contributed by atoms with Crippen molar-refractivity contribution in [2.45, 2.75) is 37.8 Å². The van der Waals surface area contributed by atoms with E-state index >= 15 is 0 Å². The predicted molar refractivity (Wildman–Crippen MR) is 55.4 cm³/mol. The molecule has 0 amide bonds. The normalized spacial score (nSPS) is 29.1. The summed E-state index contributed by atoms with van der Waals surface area (Å²) in [4.78, 5) is 0. The molecule has 3 nitrogen and oxygen atoms in total. The Bertz CT molecular complexity index is 284.